The van der Waals surface area contributed by atoms with E-state index in [1.807, 2.05) is 0 Å². The SMILES string of the molecule is CC(C)(C)C(=O)[O-].[Zn+2].c1ccc([Si-]c2ccccc2)cc1. The van der Waals surface area contributed by atoms with Gasteiger partial charge in [-0.25, -0.2) is 10.4 Å². The van der Waals surface area contributed by atoms with Gasteiger partial charge in [0.2, 0.25) is 0 Å². The molecule has 2 rings (SSSR count). The average molecular weight is 349 g/mol. The molecule has 0 heterocycles. The van der Waals surface area contributed by atoms with E-state index in [0.29, 0.717) is 0 Å². The van der Waals surface area contributed by atoms with Crippen molar-refractivity contribution >= 4 is 25.9 Å². The van der Waals surface area contributed by atoms with Crippen LogP contribution in [0.1, 0.15) is 20.8 Å². The first-order valence-corrected chi connectivity index (χ1v) is 7.48. The van der Waals surface area contributed by atoms with E-state index in [4.69, 9.17) is 0 Å². The Morgan fingerprint density at radius 2 is 1.14 bits per heavy atom. The minimum absolute atomic E-state index is 0. The van der Waals surface area contributed by atoms with Crippen LogP contribution in [0.2, 0.25) is 0 Å². The van der Waals surface area contributed by atoms with Crippen molar-refractivity contribution in [3.63, 3.8) is 0 Å². The molecule has 0 amide bonds. The molecule has 2 aromatic rings. The molecule has 21 heavy (non-hydrogen) atoms. The molecular formula is C17H19O2SiZn. The zero-order valence-electron chi connectivity index (χ0n) is 12.8. The fraction of sp³-hybridized carbons (Fsp3) is 0.235. The van der Waals surface area contributed by atoms with Gasteiger partial charge in [0, 0.05) is 11.4 Å². The first-order chi connectivity index (χ1) is 9.39. The molecule has 0 aliphatic carbocycles. The third kappa shape index (κ3) is 8.59. The van der Waals surface area contributed by atoms with E-state index in [-0.39, 0.29) is 19.5 Å². The second-order valence-corrected chi connectivity index (χ2v) is 6.80. The number of rotatable bonds is 2. The van der Waals surface area contributed by atoms with Crippen LogP contribution >= 0.6 is 0 Å². The van der Waals surface area contributed by atoms with Gasteiger partial charge in [-0.1, -0.05) is 81.4 Å². The Labute approximate surface area is 142 Å². The third-order valence-electron chi connectivity index (χ3n) is 2.45. The molecule has 0 unspecified atom stereocenters. The van der Waals surface area contributed by atoms with Crippen LogP contribution in [0, 0.1) is 5.41 Å². The molecule has 0 atom stereocenters. The number of aliphatic carboxylic acids is 1. The summed E-state index contributed by atoms with van der Waals surface area (Å²) in [5, 5.41) is 12.7. The normalized spacial score (nSPS) is 9.67. The number of benzene rings is 2. The fourth-order valence-corrected chi connectivity index (χ4v) is 2.26. The predicted molar refractivity (Wildman–Crippen MR) is 82.4 cm³/mol. The molecule has 2 aromatic carbocycles. The monoisotopic (exact) mass is 347 g/mol. The number of hydrogen-bond donors (Lipinski definition) is 0. The van der Waals surface area contributed by atoms with Gasteiger partial charge in [0.25, 0.3) is 0 Å². The van der Waals surface area contributed by atoms with Crippen LogP contribution < -0.4 is 15.5 Å². The molecule has 0 spiro atoms. The van der Waals surface area contributed by atoms with Gasteiger partial charge in [-0.15, -0.1) is 0 Å². The molecule has 0 aliphatic heterocycles. The number of carbonyl (C=O) groups is 1. The topological polar surface area (TPSA) is 40.1 Å². The molecule has 0 saturated carbocycles. The van der Waals surface area contributed by atoms with Crippen LogP contribution in [0.3, 0.4) is 0 Å². The summed E-state index contributed by atoms with van der Waals surface area (Å²) < 4.78 is 0. The standard InChI is InChI=1S/C12H10Si.C5H10O2.Zn/c1-3-7-11(8-4-1)13-12-9-5-2-6-10-12;1-5(2,3)4(6)7;/h1-10H;1-3H3,(H,6,7);/q-1;;+2/p-1. The average Bonchev–Trinajstić information content (AvgIpc) is 2.40. The number of carboxylic acid groups (broad SMARTS) is 1. The summed E-state index contributed by atoms with van der Waals surface area (Å²) in [5.41, 5.74) is -0.694. The fourth-order valence-electron chi connectivity index (χ4n) is 1.21. The van der Waals surface area contributed by atoms with Crippen LogP contribution in [0.4, 0.5) is 0 Å². The van der Waals surface area contributed by atoms with Crippen LogP contribution in [0.5, 0.6) is 0 Å². The Balaban J connectivity index is 0.000000436. The van der Waals surface area contributed by atoms with Gasteiger partial charge in [-0.3, -0.25) is 0 Å². The van der Waals surface area contributed by atoms with Crippen LogP contribution in [0.15, 0.2) is 60.7 Å². The van der Waals surface area contributed by atoms with Gasteiger partial charge in [-0.05, 0) is 0 Å². The maximum atomic E-state index is 9.91. The van der Waals surface area contributed by atoms with Gasteiger partial charge in [0.05, 0.1) is 0 Å². The Hall–Kier alpha value is -1.25. The van der Waals surface area contributed by atoms with E-state index < -0.39 is 11.4 Å². The van der Waals surface area contributed by atoms with Gasteiger partial charge >= 0.3 is 19.5 Å². The van der Waals surface area contributed by atoms with Gasteiger partial charge in [-0.2, -0.15) is 0 Å². The zero-order chi connectivity index (χ0) is 15.0. The van der Waals surface area contributed by atoms with Crippen molar-refractivity contribution in [1.29, 1.82) is 0 Å². The van der Waals surface area contributed by atoms with Crippen molar-refractivity contribution in [2.75, 3.05) is 0 Å². The number of carboxylic acids is 1. The molecule has 2 nitrogen and oxygen atoms in total. The van der Waals surface area contributed by atoms with Crippen LogP contribution in [-0.4, -0.2) is 15.5 Å². The smallest absolute Gasteiger partial charge is 0.550 e. The van der Waals surface area contributed by atoms with E-state index in [2.05, 4.69) is 60.7 Å². The molecule has 4 heteroatoms. The van der Waals surface area contributed by atoms with Crippen molar-refractivity contribution < 1.29 is 29.4 Å². The van der Waals surface area contributed by atoms with Gasteiger partial charge in [0.1, 0.15) is 0 Å². The summed E-state index contributed by atoms with van der Waals surface area (Å²) in [7, 11) is 0.777. The summed E-state index contributed by atoms with van der Waals surface area (Å²) in [5.74, 6) is -1.01. The van der Waals surface area contributed by atoms with Crippen molar-refractivity contribution in [2.24, 2.45) is 5.41 Å². The predicted octanol–water partition coefficient (Wildman–Crippen LogP) is 1.12. The van der Waals surface area contributed by atoms with Gasteiger partial charge in [0.15, 0.2) is 0 Å². The molecule has 1 radical (unpaired) electrons. The minimum Gasteiger partial charge on any atom is -0.550 e. The summed E-state index contributed by atoms with van der Waals surface area (Å²) in [6.07, 6.45) is 0. The molecule has 0 fully saturated rings. The molecule has 0 aliphatic rings. The Morgan fingerprint density at radius 1 is 0.857 bits per heavy atom. The summed E-state index contributed by atoms with van der Waals surface area (Å²) >= 11 is 0. The second kappa shape index (κ2) is 9.64. The Bertz CT molecular complexity index is 484. The number of carbonyl (C=O) groups excluding carboxylic acids is 1. The molecule has 105 valence electrons. The second-order valence-electron chi connectivity index (χ2n) is 5.39. The molecule has 0 bridgehead atoms. The summed E-state index contributed by atoms with van der Waals surface area (Å²) in [6.45, 7) is 4.80. The van der Waals surface area contributed by atoms with Crippen molar-refractivity contribution in [3.05, 3.63) is 60.7 Å². The van der Waals surface area contributed by atoms with Crippen molar-refractivity contribution in [2.45, 2.75) is 20.8 Å². The first-order valence-electron chi connectivity index (χ1n) is 6.48. The Morgan fingerprint density at radius 3 is 1.38 bits per heavy atom. The molecular weight excluding hydrogens is 330 g/mol. The Kier molecular flexibility index (Phi) is 9.07. The number of hydrogen-bond acceptors (Lipinski definition) is 2. The van der Waals surface area contributed by atoms with E-state index >= 15 is 0 Å². The van der Waals surface area contributed by atoms with Crippen molar-refractivity contribution in [1.82, 2.24) is 0 Å². The van der Waals surface area contributed by atoms with E-state index in [1.165, 1.54) is 10.4 Å². The first kappa shape index (κ1) is 19.8. The molecule has 0 aromatic heterocycles. The zero-order valence-corrected chi connectivity index (χ0v) is 16.8. The molecule has 0 saturated heterocycles. The van der Waals surface area contributed by atoms with E-state index in [0.717, 1.165) is 9.52 Å². The molecule has 0 N–H and O–H groups in total. The van der Waals surface area contributed by atoms with Crippen LogP contribution in [-0.2, 0) is 24.3 Å². The summed E-state index contributed by atoms with van der Waals surface area (Å²) in [4.78, 5) is 9.91. The summed E-state index contributed by atoms with van der Waals surface area (Å²) in [6, 6.07) is 21.2. The van der Waals surface area contributed by atoms with E-state index in [9.17, 15) is 9.90 Å². The maximum Gasteiger partial charge on any atom is 2.00 e. The van der Waals surface area contributed by atoms with Gasteiger partial charge < -0.3 is 19.4 Å². The largest absolute Gasteiger partial charge is 2.00 e. The minimum atomic E-state index is -1.01. The quantitative estimate of drug-likeness (QED) is 0.763. The van der Waals surface area contributed by atoms with Crippen LogP contribution in [0.25, 0.3) is 0 Å². The van der Waals surface area contributed by atoms with Crippen molar-refractivity contribution in [3.8, 4) is 0 Å². The van der Waals surface area contributed by atoms with E-state index in [1.54, 1.807) is 20.8 Å². The maximum absolute atomic E-state index is 9.91. The third-order valence-corrected chi connectivity index (χ3v) is 3.69.